The predicted octanol–water partition coefficient (Wildman–Crippen LogP) is 5.49. The Balaban J connectivity index is 1.39. The highest BCUT2D eigenvalue weighted by Gasteiger charge is 2.34. The molecule has 1 saturated heterocycles. The number of likely N-dealkylation sites (tertiary alicyclic amines) is 1. The van der Waals surface area contributed by atoms with Gasteiger partial charge in [0.25, 0.3) is 0 Å². The molecule has 0 radical (unpaired) electrons. The van der Waals surface area contributed by atoms with E-state index in [0.717, 1.165) is 25.2 Å². The summed E-state index contributed by atoms with van der Waals surface area (Å²) in [6, 6.07) is 24.9. The lowest BCUT2D eigenvalue weighted by Crippen LogP contribution is -2.42. The summed E-state index contributed by atoms with van der Waals surface area (Å²) < 4.78 is 14.7. The molecule has 0 unspecified atom stereocenters. The van der Waals surface area contributed by atoms with Gasteiger partial charge < -0.3 is 5.11 Å². The number of benzene rings is 3. The second kappa shape index (κ2) is 8.73. The summed E-state index contributed by atoms with van der Waals surface area (Å²) in [5, 5.41) is 11.1. The van der Waals surface area contributed by atoms with E-state index in [1.165, 1.54) is 11.6 Å². The Hall–Kier alpha value is -2.75. The van der Waals surface area contributed by atoms with Crippen molar-refractivity contribution in [3.8, 4) is 11.1 Å². The third kappa shape index (κ3) is 4.64. The summed E-state index contributed by atoms with van der Waals surface area (Å²) in [7, 11) is 0. The van der Waals surface area contributed by atoms with Gasteiger partial charge in [-0.2, -0.15) is 0 Å². The van der Waals surface area contributed by atoms with Crippen molar-refractivity contribution in [3.05, 3.63) is 102 Å². The summed E-state index contributed by atoms with van der Waals surface area (Å²) in [4.78, 5) is 2.32. The molecule has 1 N–H and O–H groups in total. The maximum Gasteiger partial charge on any atom is 0.131 e. The molecule has 1 aliphatic rings. The Labute approximate surface area is 171 Å². The van der Waals surface area contributed by atoms with Crippen molar-refractivity contribution in [2.75, 3.05) is 19.6 Å². The topological polar surface area (TPSA) is 23.5 Å². The lowest BCUT2D eigenvalue weighted by atomic mass is 9.83. The summed E-state index contributed by atoms with van der Waals surface area (Å²) >= 11 is 0. The lowest BCUT2D eigenvalue weighted by Gasteiger charge is -2.38. The van der Waals surface area contributed by atoms with E-state index in [1.807, 2.05) is 54.6 Å². The molecule has 0 aliphatic carbocycles. The van der Waals surface area contributed by atoms with Crippen LogP contribution in [0.1, 0.15) is 24.0 Å². The molecule has 148 valence electrons. The van der Waals surface area contributed by atoms with Crippen molar-refractivity contribution in [1.82, 2.24) is 4.90 Å². The quantitative estimate of drug-likeness (QED) is 0.626. The first-order chi connectivity index (χ1) is 14.1. The smallest absolute Gasteiger partial charge is 0.131 e. The molecule has 3 aromatic rings. The van der Waals surface area contributed by atoms with E-state index in [0.29, 0.717) is 24.0 Å². The van der Waals surface area contributed by atoms with Gasteiger partial charge in [0.2, 0.25) is 0 Å². The number of piperidine rings is 1. The van der Waals surface area contributed by atoms with Gasteiger partial charge in [0.1, 0.15) is 5.82 Å². The predicted molar refractivity (Wildman–Crippen MR) is 117 cm³/mol. The summed E-state index contributed by atoms with van der Waals surface area (Å²) in [6.45, 7) is 2.43. The molecule has 3 aromatic carbocycles. The molecule has 3 heteroatoms. The molecule has 0 atom stereocenters. The number of rotatable bonds is 5. The zero-order valence-corrected chi connectivity index (χ0v) is 16.5. The van der Waals surface area contributed by atoms with E-state index in [2.05, 4.69) is 29.2 Å². The highest BCUT2D eigenvalue weighted by molar-refractivity contribution is 5.64. The van der Waals surface area contributed by atoms with Gasteiger partial charge in [0.15, 0.2) is 0 Å². The fourth-order valence-electron chi connectivity index (χ4n) is 3.95. The Bertz CT molecular complexity index is 961. The van der Waals surface area contributed by atoms with Crippen LogP contribution < -0.4 is 0 Å². The molecular formula is C26H26FNO. The van der Waals surface area contributed by atoms with Crippen LogP contribution >= 0.6 is 0 Å². The maximum atomic E-state index is 14.7. The molecule has 0 amide bonds. The highest BCUT2D eigenvalue weighted by atomic mass is 19.1. The molecule has 0 saturated carbocycles. The van der Waals surface area contributed by atoms with Crippen LogP contribution in [0.3, 0.4) is 0 Å². The van der Waals surface area contributed by atoms with Crippen LogP contribution in [0, 0.1) is 5.82 Å². The van der Waals surface area contributed by atoms with Gasteiger partial charge in [-0.05, 0) is 35.6 Å². The van der Waals surface area contributed by atoms with Crippen molar-refractivity contribution in [3.63, 3.8) is 0 Å². The minimum atomic E-state index is -0.963. The van der Waals surface area contributed by atoms with Gasteiger partial charge in [-0.1, -0.05) is 84.9 Å². The summed E-state index contributed by atoms with van der Waals surface area (Å²) in [5.74, 6) is -0.282. The van der Waals surface area contributed by atoms with Crippen LogP contribution in [0.2, 0.25) is 0 Å². The van der Waals surface area contributed by atoms with Gasteiger partial charge in [0, 0.05) is 25.2 Å². The molecule has 0 spiro atoms. The van der Waals surface area contributed by atoms with Gasteiger partial charge >= 0.3 is 0 Å². The Kier molecular flexibility index (Phi) is 5.89. The SMILES string of the molecule is OC1(c2ccc(-c3ccccc3)c(F)c2)CCN(C/C=C/c2ccccc2)CC1. The zero-order chi connectivity index (χ0) is 20.1. The number of hydrogen-bond donors (Lipinski definition) is 1. The fourth-order valence-corrected chi connectivity index (χ4v) is 3.95. The van der Waals surface area contributed by atoms with E-state index >= 15 is 0 Å². The van der Waals surface area contributed by atoms with Crippen molar-refractivity contribution in [2.24, 2.45) is 0 Å². The Morgan fingerprint density at radius 2 is 1.55 bits per heavy atom. The standard InChI is InChI=1S/C26H26FNO/c27-25-20-23(13-14-24(25)22-11-5-2-6-12-22)26(29)15-18-28(19-16-26)17-7-10-21-8-3-1-4-9-21/h1-14,20,29H,15-19H2/b10-7+. The molecule has 1 fully saturated rings. The maximum absolute atomic E-state index is 14.7. The first-order valence-corrected chi connectivity index (χ1v) is 10.2. The summed E-state index contributed by atoms with van der Waals surface area (Å²) in [5.41, 5.74) is 2.32. The minimum Gasteiger partial charge on any atom is -0.385 e. The fraction of sp³-hybridized carbons (Fsp3) is 0.231. The lowest BCUT2D eigenvalue weighted by molar-refractivity contribution is -0.0235. The van der Waals surface area contributed by atoms with Crippen LogP contribution in [0.15, 0.2) is 84.9 Å². The van der Waals surface area contributed by atoms with E-state index in [-0.39, 0.29) is 5.82 Å². The first kappa shape index (κ1) is 19.6. The van der Waals surface area contributed by atoms with Crippen molar-refractivity contribution >= 4 is 6.08 Å². The highest BCUT2D eigenvalue weighted by Crippen LogP contribution is 2.35. The average Bonchev–Trinajstić information content (AvgIpc) is 2.76. The normalized spacial score (nSPS) is 16.9. The second-order valence-electron chi connectivity index (χ2n) is 7.71. The molecule has 0 aromatic heterocycles. The second-order valence-corrected chi connectivity index (χ2v) is 7.71. The van der Waals surface area contributed by atoms with Gasteiger partial charge in [-0.3, -0.25) is 4.90 Å². The van der Waals surface area contributed by atoms with E-state index in [1.54, 1.807) is 6.07 Å². The minimum absolute atomic E-state index is 0.282. The summed E-state index contributed by atoms with van der Waals surface area (Å²) in [6.07, 6.45) is 5.50. The molecule has 29 heavy (non-hydrogen) atoms. The number of hydrogen-bond acceptors (Lipinski definition) is 2. The van der Waals surface area contributed by atoms with Gasteiger partial charge in [0.05, 0.1) is 5.60 Å². The van der Waals surface area contributed by atoms with Crippen molar-refractivity contribution in [1.29, 1.82) is 0 Å². The van der Waals surface area contributed by atoms with Crippen molar-refractivity contribution in [2.45, 2.75) is 18.4 Å². The third-order valence-corrected chi connectivity index (χ3v) is 5.75. The first-order valence-electron chi connectivity index (χ1n) is 10.2. The van der Waals surface area contributed by atoms with E-state index < -0.39 is 5.60 Å². The molecule has 2 nitrogen and oxygen atoms in total. The molecule has 0 bridgehead atoms. The zero-order valence-electron chi connectivity index (χ0n) is 16.5. The third-order valence-electron chi connectivity index (χ3n) is 5.75. The number of aliphatic hydroxyl groups is 1. The van der Waals surface area contributed by atoms with Gasteiger partial charge in [-0.15, -0.1) is 0 Å². The van der Waals surface area contributed by atoms with Crippen molar-refractivity contribution < 1.29 is 9.50 Å². The average molecular weight is 387 g/mol. The van der Waals surface area contributed by atoms with Crippen LogP contribution in [-0.2, 0) is 5.60 Å². The largest absolute Gasteiger partial charge is 0.385 e. The van der Waals surface area contributed by atoms with Crippen LogP contribution in [0.5, 0.6) is 0 Å². The molecule has 1 heterocycles. The molecule has 1 aliphatic heterocycles. The molecule has 4 rings (SSSR count). The Morgan fingerprint density at radius 1 is 0.897 bits per heavy atom. The van der Waals surface area contributed by atoms with E-state index in [4.69, 9.17) is 0 Å². The Morgan fingerprint density at radius 3 is 2.21 bits per heavy atom. The number of nitrogens with zero attached hydrogens (tertiary/aromatic N) is 1. The van der Waals surface area contributed by atoms with E-state index in [9.17, 15) is 9.50 Å². The van der Waals surface area contributed by atoms with Crippen LogP contribution in [0.4, 0.5) is 4.39 Å². The monoisotopic (exact) mass is 387 g/mol. The van der Waals surface area contributed by atoms with Gasteiger partial charge in [-0.25, -0.2) is 4.39 Å². The van der Waals surface area contributed by atoms with Crippen LogP contribution in [-0.4, -0.2) is 29.6 Å². The number of halogens is 1. The van der Waals surface area contributed by atoms with Crippen LogP contribution in [0.25, 0.3) is 17.2 Å². The molecular weight excluding hydrogens is 361 g/mol.